The van der Waals surface area contributed by atoms with Crippen LogP contribution in [0, 0.1) is 12.8 Å². The third-order valence-corrected chi connectivity index (χ3v) is 4.21. The van der Waals surface area contributed by atoms with Crippen molar-refractivity contribution in [3.05, 3.63) is 45.9 Å². The van der Waals surface area contributed by atoms with Crippen LogP contribution in [0.25, 0.3) is 0 Å². The van der Waals surface area contributed by atoms with Crippen molar-refractivity contribution in [1.29, 1.82) is 0 Å². The number of nitrogens with zero attached hydrogens (tertiary/aromatic N) is 1. The molecular formula is C18H23N3O3S. The van der Waals surface area contributed by atoms with Crippen LogP contribution in [-0.2, 0) is 11.4 Å². The summed E-state index contributed by atoms with van der Waals surface area (Å²) in [7, 11) is 0. The fourth-order valence-electron chi connectivity index (χ4n) is 2.03. The first-order valence-corrected chi connectivity index (χ1v) is 9.03. The first-order chi connectivity index (χ1) is 12.0. The summed E-state index contributed by atoms with van der Waals surface area (Å²) < 4.78 is 5.69. The van der Waals surface area contributed by atoms with E-state index in [1.54, 1.807) is 35.6 Å². The van der Waals surface area contributed by atoms with Crippen molar-refractivity contribution in [1.82, 2.24) is 15.6 Å². The number of hydrogen-bond donors (Lipinski definition) is 2. The summed E-state index contributed by atoms with van der Waals surface area (Å²) in [5, 5.41) is 8.49. The molecule has 134 valence electrons. The molecule has 0 saturated carbocycles. The fraction of sp³-hybridized carbons (Fsp3) is 0.389. The number of aryl methyl sites for hydroxylation is 1. The van der Waals surface area contributed by atoms with Crippen LogP contribution in [0.5, 0.6) is 5.75 Å². The Labute approximate surface area is 151 Å². The van der Waals surface area contributed by atoms with Crippen LogP contribution in [0.3, 0.4) is 0 Å². The molecule has 0 spiro atoms. The van der Waals surface area contributed by atoms with Crippen LogP contribution in [-0.4, -0.2) is 29.9 Å². The second-order valence-corrected chi connectivity index (χ2v) is 6.94. The maximum Gasteiger partial charge on any atom is 0.251 e. The van der Waals surface area contributed by atoms with Gasteiger partial charge in [0, 0.05) is 30.0 Å². The molecule has 0 radical (unpaired) electrons. The number of rotatable bonds is 8. The fourth-order valence-corrected chi connectivity index (χ4v) is 2.62. The van der Waals surface area contributed by atoms with E-state index >= 15 is 0 Å². The van der Waals surface area contributed by atoms with Gasteiger partial charge in [0.2, 0.25) is 5.91 Å². The summed E-state index contributed by atoms with van der Waals surface area (Å²) in [6, 6.07) is 7.00. The van der Waals surface area contributed by atoms with Crippen LogP contribution in [0.1, 0.15) is 34.9 Å². The van der Waals surface area contributed by atoms with Gasteiger partial charge in [0.15, 0.2) is 0 Å². The molecule has 1 aromatic heterocycles. The van der Waals surface area contributed by atoms with Crippen molar-refractivity contribution in [3.8, 4) is 5.75 Å². The van der Waals surface area contributed by atoms with Crippen LogP contribution >= 0.6 is 11.3 Å². The number of benzene rings is 1. The van der Waals surface area contributed by atoms with E-state index in [-0.39, 0.29) is 17.7 Å². The van der Waals surface area contributed by atoms with Gasteiger partial charge in [-0.15, -0.1) is 11.3 Å². The SMILES string of the molecule is Cc1nc(COc2cccc(C(=O)NCCNC(=O)C(C)C)c2)cs1. The molecule has 0 unspecified atom stereocenters. The molecule has 2 aromatic rings. The lowest BCUT2D eigenvalue weighted by atomic mass is 10.2. The summed E-state index contributed by atoms with van der Waals surface area (Å²) >= 11 is 1.58. The first-order valence-electron chi connectivity index (χ1n) is 8.15. The second kappa shape index (κ2) is 9.17. The quantitative estimate of drug-likeness (QED) is 0.708. The Kier molecular flexibility index (Phi) is 6.94. The van der Waals surface area contributed by atoms with Gasteiger partial charge in [-0.1, -0.05) is 19.9 Å². The van der Waals surface area contributed by atoms with Gasteiger partial charge in [-0.25, -0.2) is 4.98 Å². The molecule has 1 aromatic carbocycles. The molecule has 0 aliphatic heterocycles. The average molecular weight is 361 g/mol. The molecule has 0 fully saturated rings. The van der Waals surface area contributed by atoms with Crippen molar-refractivity contribution in [2.45, 2.75) is 27.4 Å². The van der Waals surface area contributed by atoms with Gasteiger partial charge in [-0.3, -0.25) is 9.59 Å². The molecule has 2 amide bonds. The summed E-state index contributed by atoms with van der Waals surface area (Å²) in [4.78, 5) is 28.0. The summed E-state index contributed by atoms with van der Waals surface area (Å²) in [6.45, 7) is 6.75. The lowest BCUT2D eigenvalue weighted by Gasteiger charge is -2.10. The molecule has 6 nitrogen and oxygen atoms in total. The van der Waals surface area contributed by atoms with Crippen molar-refractivity contribution in [2.24, 2.45) is 5.92 Å². The molecule has 2 N–H and O–H groups in total. The van der Waals surface area contributed by atoms with Gasteiger partial charge in [0.05, 0.1) is 10.7 Å². The van der Waals surface area contributed by atoms with E-state index in [0.29, 0.717) is 31.0 Å². The Morgan fingerprint density at radius 2 is 2.00 bits per heavy atom. The average Bonchev–Trinajstić information content (AvgIpc) is 3.02. The molecule has 0 atom stereocenters. The van der Waals surface area contributed by atoms with Gasteiger partial charge in [0.25, 0.3) is 5.91 Å². The molecule has 7 heteroatoms. The zero-order chi connectivity index (χ0) is 18.2. The van der Waals surface area contributed by atoms with Crippen molar-refractivity contribution < 1.29 is 14.3 Å². The maximum atomic E-state index is 12.2. The predicted octanol–water partition coefficient (Wildman–Crippen LogP) is 2.53. The zero-order valence-electron chi connectivity index (χ0n) is 14.7. The Morgan fingerprint density at radius 3 is 2.68 bits per heavy atom. The number of aromatic nitrogens is 1. The van der Waals surface area contributed by atoms with Crippen molar-refractivity contribution in [3.63, 3.8) is 0 Å². The molecule has 1 heterocycles. The number of thiazole rings is 1. The molecule has 0 aliphatic carbocycles. The van der Waals surface area contributed by atoms with Gasteiger partial charge in [-0.05, 0) is 25.1 Å². The van der Waals surface area contributed by atoms with E-state index in [2.05, 4.69) is 15.6 Å². The van der Waals surface area contributed by atoms with Gasteiger partial charge in [0.1, 0.15) is 12.4 Å². The summed E-state index contributed by atoms with van der Waals surface area (Å²) in [6.07, 6.45) is 0. The normalized spacial score (nSPS) is 10.6. The highest BCUT2D eigenvalue weighted by Gasteiger charge is 2.08. The van der Waals surface area contributed by atoms with Crippen LogP contribution in [0.4, 0.5) is 0 Å². The molecule has 25 heavy (non-hydrogen) atoms. The standard InChI is InChI=1S/C18H23N3O3S/c1-12(2)17(22)19-7-8-20-18(23)14-5-4-6-16(9-14)24-10-15-11-25-13(3)21-15/h4-6,9,11-12H,7-8,10H2,1-3H3,(H,19,22)(H,20,23). The number of carbonyl (C=O) groups is 2. The number of hydrogen-bond acceptors (Lipinski definition) is 5. The molecule has 2 rings (SSSR count). The summed E-state index contributed by atoms with van der Waals surface area (Å²) in [5.41, 5.74) is 1.39. The monoisotopic (exact) mass is 361 g/mol. The number of nitrogens with one attached hydrogen (secondary N) is 2. The Hall–Kier alpha value is -2.41. The largest absolute Gasteiger partial charge is 0.487 e. The predicted molar refractivity (Wildman–Crippen MR) is 97.8 cm³/mol. The number of ether oxygens (including phenoxy) is 1. The summed E-state index contributed by atoms with van der Waals surface area (Å²) in [5.74, 6) is 0.327. The lowest BCUT2D eigenvalue weighted by molar-refractivity contribution is -0.123. The van der Waals surface area contributed by atoms with E-state index in [4.69, 9.17) is 4.74 Å². The highest BCUT2D eigenvalue weighted by atomic mass is 32.1. The minimum absolute atomic E-state index is 0.0260. The van der Waals surface area contributed by atoms with Crippen molar-refractivity contribution in [2.75, 3.05) is 13.1 Å². The van der Waals surface area contributed by atoms with Gasteiger partial charge < -0.3 is 15.4 Å². The number of carbonyl (C=O) groups excluding carboxylic acids is 2. The second-order valence-electron chi connectivity index (χ2n) is 5.88. The van der Waals surface area contributed by atoms with E-state index in [1.165, 1.54) is 0 Å². The van der Waals surface area contributed by atoms with E-state index in [1.807, 2.05) is 26.2 Å². The zero-order valence-corrected chi connectivity index (χ0v) is 15.5. The van der Waals surface area contributed by atoms with Gasteiger partial charge >= 0.3 is 0 Å². The minimum Gasteiger partial charge on any atom is -0.487 e. The third-order valence-electron chi connectivity index (χ3n) is 3.38. The van der Waals surface area contributed by atoms with Crippen LogP contribution < -0.4 is 15.4 Å². The van der Waals surface area contributed by atoms with Gasteiger partial charge in [-0.2, -0.15) is 0 Å². The van der Waals surface area contributed by atoms with E-state index < -0.39 is 0 Å². The Bertz CT molecular complexity index is 728. The first kappa shape index (κ1) is 18.9. The topological polar surface area (TPSA) is 80.3 Å². The molecule has 0 aliphatic rings. The third kappa shape index (κ3) is 6.19. The minimum atomic E-state index is -0.200. The number of amides is 2. The smallest absolute Gasteiger partial charge is 0.251 e. The molecular weight excluding hydrogens is 338 g/mol. The van der Waals surface area contributed by atoms with Crippen LogP contribution in [0.15, 0.2) is 29.6 Å². The Morgan fingerprint density at radius 1 is 1.24 bits per heavy atom. The highest BCUT2D eigenvalue weighted by molar-refractivity contribution is 7.09. The van der Waals surface area contributed by atoms with Crippen molar-refractivity contribution >= 4 is 23.2 Å². The molecule has 0 saturated heterocycles. The lowest BCUT2D eigenvalue weighted by Crippen LogP contribution is -2.36. The molecule has 0 bridgehead atoms. The Balaban J connectivity index is 1.81. The maximum absolute atomic E-state index is 12.2. The highest BCUT2D eigenvalue weighted by Crippen LogP contribution is 2.16. The van der Waals surface area contributed by atoms with E-state index in [0.717, 1.165) is 10.7 Å². The van der Waals surface area contributed by atoms with Crippen LogP contribution in [0.2, 0.25) is 0 Å². The van der Waals surface area contributed by atoms with E-state index in [9.17, 15) is 9.59 Å².